The fourth-order valence-electron chi connectivity index (χ4n) is 1.72. The zero-order chi connectivity index (χ0) is 13.2. The molecule has 0 aliphatic rings. The molecular weight excluding hydrogens is 260 g/mol. The molecule has 0 bridgehead atoms. The number of aromatic hydroxyl groups is 1. The van der Waals surface area contributed by atoms with Gasteiger partial charge in [0, 0.05) is 0 Å². The zero-order valence-corrected chi connectivity index (χ0v) is 10.7. The van der Waals surface area contributed by atoms with Gasteiger partial charge in [-0.25, -0.2) is 0 Å². The monoisotopic (exact) mass is 270 g/mol. The van der Waals surface area contributed by atoms with Crippen LogP contribution in [0.25, 0.3) is 10.1 Å². The average Bonchev–Trinajstić information content (AvgIpc) is 2.76. The molecule has 0 radical (unpaired) electrons. The molecule has 0 aliphatic carbocycles. The Labute approximate surface area is 113 Å². The first-order valence-corrected chi connectivity index (χ1v) is 6.46. The Morgan fingerprint density at radius 3 is 2.58 bits per heavy atom. The first-order valence-electron chi connectivity index (χ1n) is 5.68. The molecule has 19 heavy (non-hydrogen) atoms. The van der Waals surface area contributed by atoms with E-state index in [1.165, 1.54) is 15.6 Å². The van der Waals surface area contributed by atoms with E-state index < -0.39 is 0 Å². The molecule has 3 aromatic rings. The highest BCUT2D eigenvalue weighted by Crippen LogP contribution is 2.15. The quantitative estimate of drug-likeness (QED) is 0.728. The molecule has 5 heteroatoms. The minimum Gasteiger partial charge on any atom is -0.508 e. The van der Waals surface area contributed by atoms with Crippen molar-refractivity contribution in [2.24, 2.45) is 5.10 Å². The van der Waals surface area contributed by atoms with Crippen molar-refractivity contribution in [3.05, 3.63) is 64.4 Å². The summed E-state index contributed by atoms with van der Waals surface area (Å²) in [6.07, 6.45) is 1.59. The summed E-state index contributed by atoms with van der Waals surface area (Å²) in [5.41, 5.74) is 0.706. The Kier molecular flexibility index (Phi) is 2.89. The number of hydrogen-bond acceptors (Lipinski definition) is 4. The molecule has 3 rings (SSSR count). The minimum absolute atomic E-state index is 0.115. The normalized spacial score (nSPS) is 11.4. The number of hydrogen-bond donors (Lipinski definition) is 1. The number of nitrogens with zero attached hydrogens (tertiary/aromatic N) is 2. The Balaban J connectivity index is 1.99. The van der Waals surface area contributed by atoms with Crippen LogP contribution in [0.1, 0.15) is 5.56 Å². The van der Waals surface area contributed by atoms with E-state index in [9.17, 15) is 9.90 Å². The Morgan fingerprint density at radius 1 is 1.11 bits per heavy atom. The van der Waals surface area contributed by atoms with Gasteiger partial charge in [0.15, 0.2) is 0 Å². The van der Waals surface area contributed by atoms with E-state index >= 15 is 0 Å². The van der Waals surface area contributed by atoms with Crippen LogP contribution in [-0.4, -0.2) is 15.4 Å². The van der Waals surface area contributed by atoms with Crippen molar-refractivity contribution in [1.29, 1.82) is 0 Å². The van der Waals surface area contributed by atoms with E-state index in [1.54, 1.807) is 36.5 Å². The lowest BCUT2D eigenvalue weighted by Gasteiger charge is -1.93. The second kappa shape index (κ2) is 4.70. The number of phenols is 1. The van der Waals surface area contributed by atoms with Crippen LogP contribution in [0.4, 0.5) is 0 Å². The molecule has 0 saturated heterocycles. The van der Waals surface area contributed by atoms with Crippen LogP contribution in [0.15, 0.2) is 58.4 Å². The lowest BCUT2D eigenvalue weighted by Crippen LogP contribution is -2.08. The second-order valence-electron chi connectivity index (χ2n) is 4.00. The van der Waals surface area contributed by atoms with Crippen LogP contribution in [0, 0.1) is 0 Å². The number of aromatic nitrogens is 1. The van der Waals surface area contributed by atoms with Gasteiger partial charge in [-0.05, 0) is 53.5 Å². The van der Waals surface area contributed by atoms with Crippen molar-refractivity contribution in [1.82, 2.24) is 4.07 Å². The molecule has 0 aliphatic heterocycles. The van der Waals surface area contributed by atoms with Crippen LogP contribution in [0.3, 0.4) is 0 Å². The largest absolute Gasteiger partial charge is 0.508 e. The lowest BCUT2D eigenvalue weighted by atomic mass is 10.2. The summed E-state index contributed by atoms with van der Waals surface area (Å²) in [6, 6.07) is 14.0. The summed E-state index contributed by atoms with van der Waals surface area (Å²) >= 11 is 1.30. The third-order valence-corrected chi connectivity index (χ3v) is 3.67. The van der Waals surface area contributed by atoms with Crippen molar-refractivity contribution in [2.75, 3.05) is 0 Å². The molecule has 0 atom stereocenters. The number of rotatable bonds is 2. The third-order valence-electron chi connectivity index (χ3n) is 2.68. The second-order valence-corrected chi connectivity index (χ2v) is 4.97. The first-order chi connectivity index (χ1) is 9.24. The summed E-state index contributed by atoms with van der Waals surface area (Å²) < 4.78 is 2.27. The molecule has 1 aromatic heterocycles. The molecule has 1 heterocycles. The van der Waals surface area contributed by atoms with Crippen molar-refractivity contribution < 1.29 is 5.11 Å². The maximum Gasteiger partial charge on any atom is 0.289 e. The van der Waals surface area contributed by atoms with E-state index in [0.717, 1.165) is 10.3 Å². The fourth-order valence-corrected chi connectivity index (χ4v) is 2.57. The highest BCUT2D eigenvalue weighted by atomic mass is 32.1. The SMILES string of the molecule is O=c1c2ccccc2sn1/N=C/c1ccc(O)cc1. The van der Waals surface area contributed by atoms with Crippen LogP contribution < -0.4 is 5.56 Å². The molecule has 0 fully saturated rings. The van der Waals surface area contributed by atoms with Crippen LogP contribution in [-0.2, 0) is 0 Å². The van der Waals surface area contributed by atoms with E-state index in [-0.39, 0.29) is 11.3 Å². The van der Waals surface area contributed by atoms with Gasteiger partial charge in [0.05, 0.1) is 16.3 Å². The summed E-state index contributed by atoms with van der Waals surface area (Å²) in [4.78, 5) is 12.0. The highest BCUT2D eigenvalue weighted by molar-refractivity contribution is 7.13. The lowest BCUT2D eigenvalue weighted by molar-refractivity contribution is 0.475. The molecular formula is C14H10N2O2S. The molecule has 4 nitrogen and oxygen atoms in total. The number of phenolic OH excluding ortho intramolecular Hbond substituents is 1. The Bertz CT molecular complexity index is 800. The summed E-state index contributed by atoms with van der Waals surface area (Å²) in [5.74, 6) is 0.205. The van der Waals surface area contributed by atoms with Crippen molar-refractivity contribution in [2.45, 2.75) is 0 Å². The molecule has 94 valence electrons. The minimum atomic E-state index is -0.115. The van der Waals surface area contributed by atoms with Crippen molar-refractivity contribution in [3.8, 4) is 5.75 Å². The molecule has 1 N–H and O–H groups in total. The standard InChI is InChI=1S/C14H10N2O2S/c17-11-7-5-10(6-8-11)9-15-16-14(18)12-3-1-2-4-13(12)19-16/h1-9,17H/b15-9+. The molecule has 0 spiro atoms. The maximum atomic E-state index is 12.0. The van der Waals surface area contributed by atoms with Crippen molar-refractivity contribution >= 4 is 27.8 Å². The Morgan fingerprint density at radius 2 is 1.84 bits per heavy atom. The molecule has 0 saturated carbocycles. The van der Waals surface area contributed by atoms with Gasteiger partial charge in [0.2, 0.25) is 0 Å². The predicted octanol–water partition coefficient (Wildman–Crippen LogP) is 2.65. The van der Waals surface area contributed by atoms with Crippen LogP contribution in [0.5, 0.6) is 5.75 Å². The van der Waals surface area contributed by atoms with Crippen LogP contribution >= 0.6 is 11.5 Å². The predicted molar refractivity (Wildman–Crippen MR) is 77.2 cm³/mol. The van der Waals surface area contributed by atoms with Gasteiger partial charge in [-0.1, -0.05) is 12.1 Å². The van der Waals surface area contributed by atoms with E-state index in [1.807, 2.05) is 18.2 Å². The van der Waals surface area contributed by atoms with E-state index in [4.69, 9.17) is 0 Å². The summed E-state index contributed by atoms with van der Waals surface area (Å²) in [7, 11) is 0. The first kappa shape index (κ1) is 11.7. The molecule has 0 amide bonds. The molecule has 2 aromatic carbocycles. The average molecular weight is 270 g/mol. The van der Waals surface area contributed by atoms with Crippen LogP contribution in [0.2, 0.25) is 0 Å². The Hall–Kier alpha value is -2.40. The number of fused-ring (bicyclic) bond motifs is 1. The van der Waals surface area contributed by atoms with Gasteiger partial charge in [-0.3, -0.25) is 4.79 Å². The summed E-state index contributed by atoms with van der Waals surface area (Å²) in [5, 5.41) is 14.0. The van der Waals surface area contributed by atoms with Gasteiger partial charge in [-0.2, -0.15) is 5.10 Å². The smallest absolute Gasteiger partial charge is 0.289 e. The topological polar surface area (TPSA) is 54.6 Å². The summed E-state index contributed by atoms with van der Waals surface area (Å²) in [6.45, 7) is 0. The highest BCUT2D eigenvalue weighted by Gasteiger charge is 2.04. The van der Waals surface area contributed by atoms with Gasteiger partial charge >= 0.3 is 0 Å². The van der Waals surface area contributed by atoms with E-state index in [0.29, 0.717) is 5.39 Å². The zero-order valence-electron chi connectivity index (χ0n) is 9.85. The maximum absolute atomic E-state index is 12.0. The van der Waals surface area contributed by atoms with Gasteiger partial charge in [0.25, 0.3) is 5.56 Å². The third kappa shape index (κ3) is 2.28. The van der Waals surface area contributed by atoms with Gasteiger partial charge in [0.1, 0.15) is 5.75 Å². The fraction of sp³-hybridized carbons (Fsp3) is 0. The van der Waals surface area contributed by atoms with Gasteiger partial charge < -0.3 is 5.11 Å². The number of benzene rings is 2. The molecule has 0 unspecified atom stereocenters. The van der Waals surface area contributed by atoms with Gasteiger partial charge in [-0.15, -0.1) is 4.07 Å². The van der Waals surface area contributed by atoms with E-state index in [2.05, 4.69) is 5.10 Å². The van der Waals surface area contributed by atoms with Crippen molar-refractivity contribution in [3.63, 3.8) is 0 Å².